The number of nitrogens with one attached hydrogen (secondary N) is 3. The van der Waals surface area contributed by atoms with Crippen molar-refractivity contribution >= 4 is 37.4 Å². The van der Waals surface area contributed by atoms with E-state index < -0.39 is 62.0 Å². The summed E-state index contributed by atoms with van der Waals surface area (Å²) in [7, 11) is -4.76. The Morgan fingerprint density at radius 1 is 0.927 bits per heavy atom. The molecule has 0 unspecified atom stereocenters. The van der Waals surface area contributed by atoms with Gasteiger partial charge in [0.05, 0.1) is 0 Å². The van der Waals surface area contributed by atoms with Gasteiger partial charge in [0.2, 0.25) is 23.6 Å². The molecule has 0 aliphatic heterocycles. The second-order valence-corrected chi connectivity index (χ2v) is 11.4. The van der Waals surface area contributed by atoms with E-state index in [2.05, 4.69) is 20.5 Å². The number of nitrogens with two attached hydrogens (primary N) is 1. The number of phosphoric acid groups is 1. The fourth-order valence-electron chi connectivity index (χ4n) is 4.76. The van der Waals surface area contributed by atoms with Crippen LogP contribution >= 0.6 is 7.82 Å². The summed E-state index contributed by atoms with van der Waals surface area (Å²) in [5.41, 5.74) is 6.01. The minimum Gasteiger partial charge on any atom is -0.481 e. The first-order valence-corrected chi connectivity index (χ1v) is 15.0. The van der Waals surface area contributed by atoms with Gasteiger partial charge in [-0.25, -0.2) is 4.57 Å². The van der Waals surface area contributed by atoms with Gasteiger partial charge in [0, 0.05) is 19.8 Å². The molecule has 0 spiro atoms. The highest BCUT2D eigenvalue weighted by Gasteiger charge is 2.30. The van der Waals surface area contributed by atoms with Crippen LogP contribution in [0, 0.1) is 5.92 Å². The number of carboxylic acid groups (broad SMARTS) is 1. The van der Waals surface area contributed by atoms with Crippen molar-refractivity contribution < 1.29 is 48.0 Å². The van der Waals surface area contributed by atoms with E-state index in [9.17, 15) is 28.5 Å². The largest absolute Gasteiger partial charge is 0.524 e. The molecule has 0 heterocycles. The van der Waals surface area contributed by atoms with Gasteiger partial charge in [0.15, 0.2) is 0 Å². The first-order valence-electron chi connectivity index (χ1n) is 13.5. The summed E-state index contributed by atoms with van der Waals surface area (Å²) in [6, 6.07) is 1.92. The van der Waals surface area contributed by atoms with E-state index in [1.807, 2.05) is 0 Å². The summed E-state index contributed by atoms with van der Waals surface area (Å²) in [6.45, 7) is 1.19. The summed E-state index contributed by atoms with van der Waals surface area (Å²) >= 11 is 0. The highest BCUT2D eigenvalue weighted by Crippen LogP contribution is 2.37. The maximum Gasteiger partial charge on any atom is 0.524 e. The van der Waals surface area contributed by atoms with E-state index in [4.69, 9.17) is 20.6 Å². The molecule has 0 saturated heterocycles. The maximum atomic E-state index is 13.2. The van der Waals surface area contributed by atoms with Gasteiger partial charge in [-0.05, 0) is 42.9 Å². The lowest BCUT2D eigenvalue weighted by Crippen LogP contribution is -2.56. The summed E-state index contributed by atoms with van der Waals surface area (Å²) in [6.07, 6.45) is 5.71. The highest BCUT2D eigenvalue weighted by atomic mass is 31.2. The van der Waals surface area contributed by atoms with Crippen LogP contribution in [0.5, 0.6) is 5.75 Å². The van der Waals surface area contributed by atoms with E-state index in [-0.39, 0.29) is 18.6 Å². The fourth-order valence-corrected chi connectivity index (χ4v) is 5.16. The van der Waals surface area contributed by atoms with Crippen molar-refractivity contribution in [3.63, 3.8) is 0 Å². The number of hydrogen-bond donors (Lipinski definition) is 7. The number of carbonyl (C=O) groups excluding carboxylic acids is 4. The van der Waals surface area contributed by atoms with Gasteiger partial charge in [0.1, 0.15) is 23.9 Å². The van der Waals surface area contributed by atoms with Crippen molar-refractivity contribution in [3.8, 4) is 5.75 Å². The van der Waals surface area contributed by atoms with Crippen LogP contribution in [0.25, 0.3) is 0 Å². The van der Waals surface area contributed by atoms with Gasteiger partial charge in [-0.1, -0.05) is 44.2 Å². The van der Waals surface area contributed by atoms with Crippen LogP contribution in [-0.2, 0) is 35.0 Å². The Bertz CT molecular complexity index is 1120. The van der Waals surface area contributed by atoms with Crippen molar-refractivity contribution in [2.45, 2.75) is 89.3 Å². The number of phosphoric ester groups is 1. The number of hydrogen-bond acceptors (Lipinski definition) is 7. The molecule has 228 valence electrons. The lowest BCUT2D eigenvalue weighted by molar-refractivity contribution is -0.138. The Labute approximate surface area is 238 Å². The van der Waals surface area contributed by atoms with E-state index in [1.165, 1.54) is 37.6 Å². The molecule has 14 nitrogen and oxygen atoms in total. The van der Waals surface area contributed by atoms with Crippen LogP contribution in [0.15, 0.2) is 24.3 Å². The third-order valence-corrected chi connectivity index (χ3v) is 7.26. The van der Waals surface area contributed by atoms with E-state index in [0.717, 1.165) is 25.7 Å². The van der Waals surface area contributed by atoms with Gasteiger partial charge in [-0.2, -0.15) is 0 Å². The molecule has 1 fully saturated rings. The Balaban J connectivity index is 2.12. The van der Waals surface area contributed by atoms with Gasteiger partial charge in [-0.3, -0.25) is 33.8 Å². The molecule has 0 aromatic heterocycles. The van der Waals surface area contributed by atoms with Crippen LogP contribution in [0.1, 0.15) is 70.3 Å². The molecule has 1 aromatic carbocycles. The third kappa shape index (κ3) is 13.2. The smallest absolute Gasteiger partial charge is 0.481 e. The second-order valence-electron chi connectivity index (χ2n) is 10.2. The van der Waals surface area contributed by atoms with Crippen LogP contribution in [0.4, 0.5) is 0 Å². The first-order chi connectivity index (χ1) is 19.2. The molecule has 15 heteroatoms. The lowest BCUT2D eigenvalue weighted by atomic mass is 9.85. The molecule has 8 N–H and O–H groups in total. The topological polar surface area (TPSA) is 234 Å². The van der Waals surface area contributed by atoms with Crippen molar-refractivity contribution in [2.24, 2.45) is 11.7 Å². The fraction of sp³-hybridized carbons (Fsp3) is 0.577. The van der Waals surface area contributed by atoms with Crippen LogP contribution in [0.3, 0.4) is 0 Å². The van der Waals surface area contributed by atoms with Gasteiger partial charge >= 0.3 is 13.8 Å². The van der Waals surface area contributed by atoms with Crippen molar-refractivity contribution in [2.75, 3.05) is 0 Å². The molecule has 41 heavy (non-hydrogen) atoms. The van der Waals surface area contributed by atoms with E-state index >= 15 is 0 Å². The molecular weight excluding hydrogens is 559 g/mol. The molecule has 4 amide bonds. The minimum atomic E-state index is -4.76. The molecular formula is C26H39N4O10P. The zero-order chi connectivity index (χ0) is 30.6. The lowest BCUT2D eigenvalue weighted by Gasteiger charge is -2.26. The average Bonchev–Trinajstić information content (AvgIpc) is 2.88. The maximum absolute atomic E-state index is 13.2. The predicted octanol–water partition coefficient (Wildman–Crippen LogP) is 0.886. The number of primary amides is 1. The summed E-state index contributed by atoms with van der Waals surface area (Å²) in [5, 5.41) is 16.7. The van der Waals surface area contributed by atoms with Crippen molar-refractivity contribution in [1.29, 1.82) is 0 Å². The summed E-state index contributed by atoms with van der Waals surface area (Å²) in [4.78, 5) is 79.3. The number of amides is 4. The first kappa shape index (κ1) is 33.7. The molecule has 1 aromatic rings. The van der Waals surface area contributed by atoms with Crippen molar-refractivity contribution in [1.82, 2.24) is 16.0 Å². The molecule has 0 bridgehead atoms. The minimum absolute atomic E-state index is 0.0693. The van der Waals surface area contributed by atoms with E-state index in [1.54, 1.807) is 0 Å². The van der Waals surface area contributed by atoms with Gasteiger partial charge in [0.25, 0.3) is 0 Å². The molecule has 1 aliphatic rings. The van der Waals surface area contributed by atoms with E-state index in [0.29, 0.717) is 24.3 Å². The van der Waals surface area contributed by atoms with Crippen LogP contribution < -0.4 is 26.2 Å². The molecule has 2 rings (SSSR count). The monoisotopic (exact) mass is 598 g/mol. The third-order valence-electron chi connectivity index (χ3n) is 6.81. The number of rotatable bonds is 16. The molecule has 1 saturated carbocycles. The van der Waals surface area contributed by atoms with Crippen LogP contribution in [0.2, 0.25) is 0 Å². The number of carbonyl (C=O) groups is 5. The Kier molecular flexibility index (Phi) is 13.2. The highest BCUT2D eigenvalue weighted by molar-refractivity contribution is 7.46. The quantitative estimate of drug-likeness (QED) is 0.133. The van der Waals surface area contributed by atoms with Crippen LogP contribution in [-0.4, -0.2) is 62.6 Å². The zero-order valence-electron chi connectivity index (χ0n) is 22.9. The second kappa shape index (κ2) is 16.1. The Morgan fingerprint density at radius 3 is 2.05 bits per heavy atom. The Hall–Kier alpha value is -3.48. The standard InChI is InChI=1S/C26H39N4O10P/c1-16(31)28-22(15-18-7-10-19(11-8-18)40-41(37,38)39)26(36)30-21(13-14-23(32)33)25(35)29-20(24(27)34)12-9-17-5-3-2-4-6-17/h7-8,10-11,17,20-22H,2-6,9,12-15H2,1H3,(H2,27,34)(H,28,31)(H,29,35)(H,30,36)(H,32,33)(H2,37,38,39)/t20-,21-,22-/m0/s1. The number of benzene rings is 1. The average molecular weight is 599 g/mol. The number of aliphatic carboxylic acids is 1. The molecule has 3 atom stereocenters. The molecule has 1 aliphatic carbocycles. The zero-order valence-corrected chi connectivity index (χ0v) is 23.8. The van der Waals surface area contributed by atoms with Crippen molar-refractivity contribution in [3.05, 3.63) is 29.8 Å². The summed E-state index contributed by atoms with van der Waals surface area (Å²) < 4.78 is 15.5. The van der Waals surface area contributed by atoms with Gasteiger partial charge in [-0.15, -0.1) is 0 Å². The summed E-state index contributed by atoms with van der Waals surface area (Å²) in [5.74, 6) is -3.71. The van der Waals surface area contributed by atoms with Gasteiger partial charge < -0.3 is 31.3 Å². The normalized spacial score (nSPS) is 16.1. The number of carboxylic acids is 1. The Morgan fingerprint density at radius 2 is 1.51 bits per heavy atom. The predicted molar refractivity (Wildman–Crippen MR) is 146 cm³/mol. The molecule has 0 radical (unpaired) electrons. The SMILES string of the molecule is CC(=O)N[C@@H](Cc1ccc(OP(=O)(O)O)cc1)C(=O)N[C@@H](CCC(=O)O)C(=O)N[C@@H](CCC1CCCCC1)C(N)=O.